The van der Waals surface area contributed by atoms with Gasteiger partial charge in [0.05, 0.1) is 6.61 Å². The fourth-order valence-corrected chi connectivity index (χ4v) is 2.55. The van der Waals surface area contributed by atoms with Crippen molar-refractivity contribution in [3.63, 3.8) is 0 Å². The van der Waals surface area contributed by atoms with Crippen LogP contribution in [0.1, 0.15) is 38.3 Å². The largest absolute Gasteiger partial charge is 0.494 e. The van der Waals surface area contributed by atoms with Crippen molar-refractivity contribution in [3.05, 3.63) is 65.5 Å². The molecule has 0 fully saturated rings. The third kappa shape index (κ3) is 7.69. The Kier molecular flexibility index (Phi) is 7.65. The lowest BCUT2D eigenvalue weighted by Gasteiger charge is -2.19. The molecule has 0 aliphatic heterocycles. The van der Waals surface area contributed by atoms with E-state index in [-0.39, 0.29) is 17.3 Å². The minimum absolute atomic E-state index is 0.131. The molecule has 0 aliphatic rings. The van der Waals surface area contributed by atoms with Gasteiger partial charge in [-0.15, -0.1) is 0 Å². The smallest absolute Gasteiger partial charge is 0.314 e. The number of amides is 2. The molecule has 146 valence electrons. The molecule has 2 N–H and O–H groups in total. The molecule has 2 aromatic carbocycles. The van der Waals surface area contributed by atoms with Crippen molar-refractivity contribution in [1.29, 1.82) is 0 Å². The molecule has 2 rings (SSSR count). The molecule has 5 heteroatoms. The Morgan fingerprint density at radius 1 is 0.963 bits per heavy atom. The number of hydrogen-bond acceptors (Lipinski definition) is 2. The molecule has 0 spiro atoms. The minimum atomic E-state index is -0.253. The van der Waals surface area contributed by atoms with E-state index in [0.717, 1.165) is 17.7 Å². The summed E-state index contributed by atoms with van der Waals surface area (Å²) in [6.45, 7) is 8.14. The summed E-state index contributed by atoms with van der Waals surface area (Å²) in [5, 5.41) is 5.59. The summed E-state index contributed by atoms with van der Waals surface area (Å²) in [5.41, 5.74) is 2.39. The summed E-state index contributed by atoms with van der Waals surface area (Å²) in [6.07, 6.45) is 1.40. The second-order valence-corrected chi connectivity index (χ2v) is 7.54. The summed E-state index contributed by atoms with van der Waals surface area (Å²) in [5.74, 6) is 0.587. The van der Waals surface area contributed by atoms with Crippen molar-refractivity contribution >= 4 is 6.03 Å². The van der Waals surface area contributed by atoms with Crippen molar-refractivity contribution in [2.24, 2.45) is 0 Å². The zero-order valence-electron chi connectivity index (χ0n) is 16.3. The topological polar surface area (TPSA) is 50.4 Å². The molecule has 0 saturated heterocycles. The van der Waals surface area contributed by atoms with Gasteiger partial charge in [0.15, 0.2) is 0 Å². The lowest BCUT2D eigenvalue weighted by atomic mass is 9.87. The molecular weight excluding hydrogens is 343 g/mol. The molecule has 0 heterocycles. The number of benzene rings is 2. The minimum Gasteiger partial charge on any atom is -0.494 e. The Morgan fingerprint density at radius 3 is 2.22 bits per heavy atom. The SMILES string of the molecule is CC(C)(C)c1ccc(OCCCNC(=O)NCCc2ccc(F)cc2)cc1. The molecule has 4 nitrogen and oxygen atoms in total. The zero-order chi connectivity index (χ0) is 19.7. The molecule has 0 saturated carbocycles. The maximum atomic E-state index is 12.8. The maximum absolute atomic E-state index is 12.8. The molecule has 0 radical (unpaired) electrons. The lowest BCUT2D eigenvalue weighted by Crippen LogP contribution is -2.37. The first-order valence-electron chi connectivity index (χ1n) is 9.34. The average molecular weight is 372 g/mol. The van der Waals surface area contributed by atoms with Gasteiger partial charge < -0.3 is 15.4 Å². The molecule has 0 aliphatic carbocycles. The number of hydrogen-bond donors (Lipinski definition) is 2. The van der Waals surface area contributed by atoms with Gasteiger partial charge in [-0.25, -0.2) is 9.18 Å². The van der Waals surface area contributed by atoms with Gasteiger partial charge >= 0.3 is 6.03 Å². The third-order valence-electron chi connectivity index (χ3n) is 4.21. The van der Waals surface area contributed by atoms with E-state index in [1.54, 1.807) is 12.1 Å². The van der Waals surface area contributed by atoms with Gasteiger partial charge in [0.2, 0.25) is 0 Å². The van der Waals surface area contributed by atoms with E-state index in [2.05, 4.69) is 43.5 Å². The van der Waals surface area contributed by atoms with Gasteiger partial charge in [-0.1, -0.05) is 45.0 Å². The second-order valence-electron chi connectivity index (χ2n) is 7.54. The quantitative estimate of drug-likeness (QED) is 0.673. The summed E-state index contributed by atoms with van der Waals surface area (Å²) in [6, 6.07) is 14.2. The molecule has 2 amide bonds. The van der Waals surface area contributed by atoms with Gasteiger partial charge in [0, 0.05) is 13.1 Å². The number of halogens is 1. The summed E-state index contributed by atoms with van der Waals surface area (Å²) < 4.78 is 18.5. The number of carbonyl (C=O) groups excluding carboxylic acids is 1. The van der Waals surface area contributed by atoms with E-state index in [1.165, 1.54) is 17.7 Å². The molecule has 0 bridgehead atoms. The molecule has 0 unspecified atom stereocenters. The van der Waals surface area contributed by atoms with Crippen molar-refractivity contribution < 1.29 is 13.9 Å². The van der Waals surface area contributed by atoms with E-state index in [0.29, 0.717) is 26.1 Å². The first kappa shape index (κ1) is 20.7. The lowest BCUT2D eigenvalue weighted by molar-refractivity contribution is 0.239. The van der Waals surface area contributed by atoms with E-state index < -0.39 is 0 Å². The van der Waals surface area contributed by atoms with E-state index >= 15 is 0 Å². The monoisotopic (exact) mass is 372 g/mol. The number of urea groups is 1. The standard InChI is InChI=1S/C22H29FN2O2/c1-22(2,3)18-7-11-20(12-8-18)27-16-4-14-24-21(26)25-15-13-17-5-9-19(23)10-6-17/h5-12H,4,13-16H2,1-3H3,(H2,24,25,26). The number of ether oxygens (including phenoxy) is 1. The van der Waals surface area contributed by atoms with Crippen LogP contribution in [0.3, 0.4) is 0 Å². The number of rotatable bonds is 8. The predicted molar refractivity (Wildman–Crippen MR) is 107 cm³/mol. The Balaban J connectivity index is 1.55. The Morgan fingerprint density at radius 2 is 1.59 bits per heavy atom. The highest BCUT2D eigenvalue weighted by Crippen LogP contribution is 2.24. The average Bonchev–Trinajstić information content (AvgIpc) is 2.63. The van der Waals surface area contributed by atoms with Crippen LogP contribution >= 0.6 is 0 Å². The second kappa shape index (κ2) is 9.95. The fraction of sp³-hybridized carbons (Fsp3) is 0.409. The molecular formula is C22H29FN2O2. The first-order valence-corrected chi connectivity index (χ1v) is 9.34. The molecule has 2 aromatic rings. The first-order chi connectivity index (χ1) is 12.8. The van der Waals surface area contributed by atoms with Crippen molar-refractivity contribution in [2.45, 2.75) is 39.0 Å². The molecule has 27 heavy (non-hydrogen) atoms. The van der Waals surface area contributed by atoms with Crippen LogP contribution in [0, 0.1) is 5.82 Å². The highest BCUT2D eigenvalue weighted by Gasteiger charge is 2.12. The maximum Gasteiger partial charge on any atom is 0.314 e. The van der Waals surface area contributed by atoms with E-state index in [4.69, 9.17) is 4.74 Å². The van der Waals surface area contributed by atoms with Gasteiger partial charge in [0.25, 0.3) is 0 Å². The summed E-state index contributed by atoms with van der Waals surface area (Å²) in [4.78, 5) is 11.7. The summed E-state index contributed by atoms with van der Waals surface area (Å²) in [7, 11) is 0. The van der Waals surface area contributed by atoms with Crippen LogP contribution in [-0.2, 0) is 11.8 Å². The zero-order valence-corrected chi connectivity index (χ0v) is 16.3. The van der Waals surface area contributed by atoms with Crippen LogP contribution in [0.25, 0.3) is 0 Å². The molecule has 0 atom stereocenters. The van der Waals surface area contributed by atoms with Gasteiger partial charge in [-0.05, 0) is 53.6 Å². The molecule has 0 aromatic heterocycles. The van der Waals surface area contributed by atoms with Crippen LogP contribution in [0.2, 0.25) is 0 Å². The Labute approximate surface area is 161 Å². The Bertz CT molecular complexity index is 707. The highest BCUT2D eigenvalue weighted by atomic mass is 19.1. The third-order valence-corrected chi connectivity index (χ3v) is 4.21. The van der Waals surface area contributed by atoms with Crippen LogP contribution in [0.5, 0.6) is 5.75 Å². The Hall–Kier alpha value is -2.56. The van der Waals surface area contributed by atoms with Gasteiger partial charge in [-0.2, -0.15) is 0 Å². The normalized spacial score (nSPS) is 11.1. The van der Waals surface area contributed by atoms with Crippen molar-refractivity contribution in [3.8, 4) is 5.75 Å². The van der Waals surface area contributed by atoms with E-state index in [1.807, 2.05) is 12.1 Å². The van der Waals surface area contributed by atoms with Crippen molar-refractivity contribution in [2.75, 3.05) is 19.7 Å². The summed E-state index contributed by atoms with van der Waals surface area (Å²) >= 11 is 0. The van der Waals surface area contributed by atoms with Gasteiger partial charge in [-0.3, -0.25) is 0 Å². The fourth-order valence-electron chi connectivity index (χ4n) is 2.55. The number of nitrogens with one attached hydrogen (secondary N) is 2. The predicted octanol–water partition coefficient (Wildman–Crippen LogP) is 4.43. The van der Waals surface area contributed by atoms with Crippen molar-refractivity contribution in [1.82, 2.24) is 10.6 Å². The highest BCUT2D eigenvalue weighted by molar-refractivity contribution is 5.73. The van der Waals surface area contributed by atoms with E-state index in [9.17, 15) is 9.18 Å². The van der Waals surface area contributed by atoms with Crippen LogP contribution in [0.15, 0.2) is 48.5 Å². The van der Waals surface area contributed by atoms with Crippen LogP contribution < -0.4 is 15.4 Å². The van der Waals surface area contributed by atoms with Crippen LogP contribution in [0.4, 0.5) is 9.18 Å². The van der Waals surface area contributed by atoms with Crippen LogP contribution in [-0.4, -0.2) is 25.7 Å². The number of carbonyl (C=O) groups is 1. The van der Waals surface area contributed by atoms with Gasteiger partial charge in [0.1, 0.15) is 11.6 Å².